The van der Waals surface area contributed by atoms with Gasteiger partial charge in [-0.05, 0) is 35.9 Å². The van der Waals surface area contributed by atoms with Crippen LogP contribution in [0.5, 0.6) is 0 Å². The molecule has 3 aromatic rings. The number of hydrogen-bond acceptors (Lipinski definition) is 6. The van der Waals surface area contributed by atoms with Crippen LogP contribution in [0.1, 0.15) is 15.9 Å². The summed E-state index contributed by atoms with van der Waals surface area (Å²) in [4.78, 5) is 30.6. The van der Waals surface area contributed by atoms with E-state index in [9.17, 15) is 9.59 Å². The van der Waals surface area contributed by atoms with Crippen molar-refractivity contribution >= 4 is 16.9 Å². The summed E-state index contributed by atoms with van der Waals surface area (Å²) in [5.74, 6) is -1.68. The first kappa shape index (κ1) is 20.9. The summed E-state index contributed by atoms with van der Waals surface area (Å²) < 4.78 is 17.7. The van der Waals surface area contributed by atoms with Crippen molar-refractivity contribution in [2.45, 2.75) is 18.6 Å². The van der Waals surface area contributed by atoms with Crippen LogP contribution in [0.15, 0.2) is 71.7 Å². The van der Waals surface area contributed by atoms with Crippen LogP contribution in [0.2, 0.25) is 0 Å². The number of ether oxygens (including phenoxy) is 3. The molecule has 2 aromatic heterocycles. The standard InChI is InChI=1S/C23H23N3O5/c1-29-19-10-11-23(30-2,31-19)15-25-21(27)18-13-17-9-6-12-24-20(17)26(22(18)28)14-16-7-4-3-5-8-16/h3-13,19H,14-15H2,1-2H3,(H,25,27). The molecule has 1 aromatic carbocycles. The first-order chi connectivity index (χ1) is 15.0. The molecular formula is C23H23N3O5. The van der Waals surface area contributed by atoms with Gasteiger partial charge in [0, 0.05) is 25.8 Å². The molecule has 160 valence electrons. The van der Waals surface area contributed by atoms with Crippen molar-refractivity contribution < 1.29 is 19.0 Å². The average molecular weight is 421 g/mol. The third-order valence-electron chi connectivity index (χ3n) is 5.17. The summed E-state index contributed by atoms with van der Waals surface area (Å²) in [7, 11) is 2.99. The van der Waals surface area contributed by atoms with E-state index in [1.54, 1.807) is 30.5 Å². The van der Waals surface area contributed by atoms with Gasteiger partial charge in [0.2, 0.25) is 5.79 Å². The van der Waals surface area contributed by atoms with Crippen LogP contribution in [0.25, 0.3) is 11.0 Å². The maximum Gasteiger partial charge on any atom is 0.265 e. The number of hydrogen-bond donors (Lipinski definition) is 1. The van der Waals surface area contributed by atoms with Gasteiger partial charge in [0.15, 0.2) is 6.29 Å². The number of nitrogens with one attached hydrogen (secondary N) is 1. The lowest BCUT2D eigenvalue weighted by molar-refractivity contribution is -0.238. The minimum Gasteiger partial charge on any atom is -0.352 e. The van der Waals surface area contributed by atoms with Crippen molar-refractivity contribution in [1.82, 2.24) is 14.9 Å². The van der Waals surface area contributed by atoms with Crippen LogP contribution >= 0.6 is 0 Å². The third kappa shape index (κ3) is 4.27. The van der Waals surface area contributed by atoms with Crippen LogP contribution in [0.3, 0.4) is 0 Å². The summed E-state index contributed by atoms with van der Waals surface area (Å²) in [6.07, 6.45) is 4.44. The van der Waals surface area contributed by atoms with Crippen LogP contribution in [0, 0.1) is 0 Å². The molecule has 0 bridgehead atoms. The van der Waals surface area contributed by atoms with Gasteiger partial charge < -0.3 is 19.5 Å². The maximum absolute atomic E-state index is 13.2. The monoisotopic (exact) mass is 421 g/mol. The first-order valence-corrected chi connectivity index (χ1v) is 9.81. The Kier molecular flexibility index (Phi) is 5.94. The highest BCUT2D eigenvalue weighted by Gasteiger charge is 2.36. The van der Waals surface area contributed by atoms with Crippen molar-refractivity contribution in [3.05, 3.63) is 88.4 Å². The number of nitrogens with zero attached hydrogens (tertiary/aromatic N) is 2. The zero-order valence-corrected chi connectivity index (χ0v) is 17.3. The van der Waals surface area contributed by atoms with Crippen LogP contribution < -0.4 is 10.9 Å². The lowest BCUT2D eigenvalue weighted by Gasteiger charge is -2.27. The van der Waals surface area contributed by atoms with Gasteiger partial charge in [-0.1, -0.05) is 30.3 Å². The Labute approximate surface area is 179 Å². The summed E-state index contributed by atoms with van der Waals surface area (Å²) in [5, 5.41) is 3.44. The van der Waals surface area contributed by atoms with Gasteiger partial charge >= 0.3 is 0 Å². The molecule has 1 aliphatic heterocycles. The SMILES string of the molecule is COC1C=CC(CNC(=O)c2cc3cccnc3n(Cc3ccccc3)c2=O)(OC)O1. The summed E-state index contributed by atoms with van der Waals surface area (Å²) in [6.45, 7) is 0.319. The van der Waals surface area contributed by atoms with Gasteiger partial charge in [-0.25, -0.2) is 4.98 Å². The first-order valence-electron chi connectivity index (χ1n) is 9.81. The van der Waals surface area contributed by atoms with E-state index in [-0.39, 0.29) is 12.1 Å². The molecule has 4 rings (SSSR count). The molecule has 0 spiro atoms. The number of benzene rings is 1. The number of rotatable bonds is 7. The Morgan fingerprint density at radius 1 is 1.23 bits per heavy atom. The van der Waals surface area contributed by atoms with Gasteiger partial charge in [0.1, 0.15) is 11.2 Å². The molecule has 0 saturated carbocycles. The van der Waals surface area contributed by atoms with Crippen molar-refractivity contribution in [2.75, 3.05) is 20.8 Å². The normalized spacial score (nSPS) is 20.3. The second kappa shape index (κ2) is 8.81. The minimum absolute atomic E-state index is 0.0158. The predicted octanol–water partition coefficient (Wildman–Crippen LogP) is 2.08. The molecule has 2 unspecified atom stereocenters. The number of aromatic nitrogens is 2. The molecule has 0 radical (unpaired) electrons. The number of fused-ring (bicyclic) bond motifs is 1. The van der Waals surface area contributed by atoms with Gasteiger partial charge in [-0.3, -0.25) is 14.2 Å². The van der Waals surface area contributed by atoms with Gasteiger partial charge in [0.05, 0.1) is 13.1 Å². The Morgan fingerprint density at radius 3 is 2.74 bits per heavy atom. The number of pyridine rings is 2. The van der Waals surface area contributed by atoms with Crippen molar-refractivity contribution in [3.8, 4) is 0 Å². The third-order valence-corrected chi connectivity index (χ3v) is 5.17. The Bertz CT molecular complexity index is 1170. The van der Waals surface area contributed by atoms with Crippen molar-refractivity contribution in [2.24, 2.45) is 0 Å². The van der Waals surface area contributed by atoms with Crippen LogP contribution in [-0.2, 0) is 20.8 Å². The molecule has 8 nitrogen and oxygen atoms in total. The fourth-order valence-electron chi connectivity index (χ4n) is 3.50. The molecule has 0 fully saturated rings. The summed E-state index contributed by atoms with van der Waals surface area (Å²) in [5.41, 5.74) is 1.05. The highest BCUT2D eigenvalue weighted by molar-refractivity contribution is 5.96. The fraction of sp³-hybridized carbons (Fsp3) is 0.261. The molecule has 0 aliphatic carbocycles. The van der Waals surface area contributed by atoms with E-state index in [0.29, 0.717) is 17.6 Å². The van der Waals surface area contributed by atoms with Gasteiger partial charge in [-0.2, -0.15) is 0 Å². The molecule has 2 atom stereocenters. The van der Waals surface area contributed by atoms with Crippen LogP contribution in [-0.4, -0.2) is 48.3 Å². The number of amides is 1. The van der Waals surface area contributed by atoms with Crippen molar-refractivity contribution in [3.63, 3.8) is 0 Å². The molecule has 31 heavy (non-hydrogen) atoms. The van der Waals surface area contributed by atoms with E-state index < -0.39 is 23.5 Å². The van der Waals surface area contributed by atoms with Crippen LogP contribution in [0.4, 0.5) is 0 Å². The summed E-state index contributed by atoms with van der Waals surface area (Å²) >= 11 is 0. The van der Waals surface area contributed by atoms with Crippen molar-refractivity contribution in [1.29, 1.82) is 0 Å². The molecule has 3 heterocycles. The largest absolute Gasteiger partial charge is 0.352 e. The zero-order chi connectivity index (χ0) is 21.8. The fourth-order valence-corrected chi connectivity index (χ4v) is 3.50. The molecule has 1 amide bonds. The Hall–Kier alpha value is -3.33. The topological polar surface area (TPSA) is 91.7 Å². The van der Waals surface area contributed by atoms with Gasteiger partial charge in [0.25, 0.3) is 11.5 Å². The lowest BCUT2D eigenvalue weighted by atomic mass is 10.1. The van der Waals surface area contributed by atoms with E-state index in [2.05, 4.69) is 10.3 Å². The summed E-state index contributed by atoms with van der Waals surface area (Å²) in [6, 6.07) is 14.7. The van der Waals surface area contributed by atoms with Gasteiger partial charge in [-0.15, -0.1) is 0 Å². The second-order valence-electron chi connectivity index (χ2n) is 7.13. The van der Waals surface area contributed by atoms with E-state index >= 15 is 0 Å². The Balaban J connectivity index is 1.64. The quantitative estimate of drug-likeness (QED) is 0.588. The molecule has 1 N–H and O–H groups in total. The van der Waals surface area contributed by atoms with E-state index in [4.69, 9.17) is 14.2 Å². The average Bonchev–Trinajstić information content (AvgIpc) is 3.24. The van der Waals surface area contributed by atoms with E-state index in [0.717, 1.165) is 5.56 Å². The molecule has 1 aliphatic rings. The molecule has 0 saturated heterocycles. The predicted molar refractivity (Wildman–Crippen MR) is 115 cm³/mol. The Morgan fingerprint density at radius 2 is 2.03 bits per heavy atom. The van der Waals surface area contributed by atoms with E-state index in [1.807, 2.05) is 36.4 Å². The highest BCUT2D eigenvalue weighted by Crippen LogP contribution is 2.24. The number of methoxy groups -OCH3 is 2. The maximum atomic E-state index is 13.2. The van der Waals surface area contributed by atoms with E-state index in [1.165, 1.54) is 18.8 Å². The smallest absolute Gasteiger partial charge is 0.265 e. The molecular weight excluding hydrogens is 398 g/mol. The number of carbonyl (C=O) groups is 1. The number of carbonyl (C=O) groups excluding carboxylic acids is 1. The second-order valence-corrected chi connectivity index (χ2v) is 7.13. The lowest BCUT2D eigenvalue weighted by Crippen LogP contribution is -2.45. The zero-order valence-electron chi connectivity index (χ0n) is 17.3. The molecule has 8 heteroatoms. The highest BCUT2D eigenvalue weighted by atomic mass is 16.8. The minimum atomic E-state index is -1.15.